The molecular formula is C17H12Cl2N2O2. The number of hydrogen-bond acceptors (Lipinski definition) is 4. The Morgan fingerprint density at radius 3 is 2.74 bits per heavy atom. The summed E-state index contributed by atoms with van der Waals surface area (Å²) < 4.78 is 5.28. The van der Waals surface area contributed by atoms with Gasteiger partial charge < -0.3 is 9.36 Å². The van der Waals surface area contributed by atoms with E-state index in [-0.39, 0.29) is 6.61 Å². The summed E-state index contributed by atoms with van der Waals surface area (Å²) >= 11 is 12.0. The van der Waals surface area contributed by atoms with E-state index in [0.29, 0.717) is 27.1 Å². The Balaban J connectivity index is 1.60. The molecule has 0 bridgehead atoms. The first kappa shape index (κ1) is 15.6. The number of nitrogens with zero attached hydrogens (tertiary/aromatic N) is 2. The summed E-state index contributed by atoms with van der Waals surface area (Å²) in [5.41, 5.74) is 2.29. The van der Waals surface area contributed by atoms with Crippen LogP contribution in [-0.2, 0) is 11.4 Å². The standard InChI is InChI=1S/C17H12Cl2N2O2/c18-15-8-4-7-13(17(15)19)10-20-22-11-14-9-16(23-21-14)12-5-2-1-3-6-12/h1-10H,11H2/b20-10-. The minimum absolute atomic E-state index is 0.199. The number of oxime groups is 1. The molecule has 0 N–H and O–H groups in total. The predicted molar refractivity (Wildman–Crippen MR) is 90.8 cm³/mol. The molecule has 0 saturated heterocycles. The molecule has 2 aromatic carbocycles. The summed E-state index contributed by atoms with van der Waals surface area (Å²) in [6.07, 6.45) is 1.51. The first-order chi connectivity index (χ1) is 11.2. The van der Waals surface area contributed by atoms with E-state index in [2.05, 4.69) is 10.3 Å². The Bertz CT molecular complexity index is 816. The highest BCUT2D eigenvalue weighted by atomic mass is 35.5. The molecule has 0 atom stereocenters. The van der Waals surface area contributed by atoms with E-state index in [1.165, 1.54) is 6.21 Å². The van der Waals surface area contributed by atoms with Crippen LogP contribution in [0.5, 0.6) is 0 Å². The van der Waals surface area contributed by atoms with Gasteiger partial charge in [-0.05, 0) is 6.07 Å². The molecule has 0 amide bonds. The maximum Gasteiger partial charge on any atom is 0.167 e. The second kappa shape index (κ2) is 7.31. The summed E-state index contributed by atoms with van der Waals surface area (Å²) in [5, 5.41) is 8.73. The number of benzene rings is 2. The average molecular weight is 347 g/mol. The maximum absolute atomic E-state index is 6.05. The summed E-state index contributed by atoms with van der Waals surface area (Å²) in [6.45, 7) is 0.199. The van der Waals surface area contributed by atoms with Gasteiger partial charge in [0.1, 0.15) is 5.69 Å². The first-order valence-electron chi connectivity index (χ1n) is 6.84. The van der Waals surface area contributed by atoms with Crippen LogP contribution in [0, 0.1) is 0 Å². The van der Waals surface area contributed by atoms with Gasteiger partial charge in [-0.15, -0.1) is 0 Å². The molecule has 0 spiro atoms. The third-order valence-electron chi connectivity index (χ3n) is 3.08. The normalized spacial score (nSPS) is 11.0. The van der Waals surface area contributed by atoms with Crippen molar-refractivity contribution in [2.24, 2.45) is 5.16 Å². The van der Waals surface area contributed by atoms with Gasteiger partial charge in [0.2, 0.25) is 0 Å². The number of halogens is 2. The second-order valence-electron chi connectivity index (χ2n) is 4.70. The molecule has 0 radical (unpaired) electrons. The van der Waals surface area contributed by atoms with Crippen molar-refractivity contribution in [1.82, 2.24) is 5.16 Å². The van der Waals surface area contributed by atoms with E-state index in [0.717, 1.165) is 5.56 Å². The fourth-order valence-electron chi connectivity index (χ4n) is 1.94. The van der Waals surface area contributed by atoms with Gasteiger partial charge in [-0.1, -0.05) is 76.0 Å². The van der Waals surface area contributed by atoms with Crippen LogP contribution in [-0.4, -0.2) is 11.4 Å². The van der Waals surface area contributed by atoms with Crippen LogP contribution >= 0.6 is 23.2 Å². The fraction of sp³-hybridized carbons (Fsp3) is 0.0588. The van der Waals surface area contributed by atoms with Crippen LogP contribution in [0.4, 0.5) is 0 Å². The quantitative estimate of drug-likeness (QED) is 0.471. The Morgan fingerprint density at radius 1 is 1.09 bits per heavy atom. The molecule has 0 aliphatic heterocycles. The van der Waals surface area contributed by atoms with E-state index in [4.69, 9.17) is 32.6 Å². The lowest BCUT2D eigenvalue weighted by molar-refractivity contribution is 0.126. The lowest BCUT2D eigenvalue weighted by Crippen LogP contribution is -1.89. The van der Waals surface area contributed by atoms with Gasteiger partial charge >= 0.3 is 0 Å². The third-order valence-corrected chi connectivity index (χ3v) is 3.91. The van der Waals surface area contributed by atoms with Crippen LogP contribution in [0.2, 0.25) is 10.0 Å². The highest BCUT2D eigenvalue weighted by molar-refractivity contribution is 6.43. The van der Waals surface area contributed by atoms with Crippen LogP contribution in [0.15, 0.2) is 64.3 Å². The van der Waals surface area contributed by atoms with Crippen LogP contribution in [0.1, 0.15) is 11.3 Å². The monoisotopic (exact) mass is 346 g/mol. The minimum Gasteiger partial charge on any atom is -0.389 e. The smallest absolute Gasteiger partial charge is 0.167 e. The molecule has 4 nitrogen and oxygen atoms in total. The Morgan fingerprint density at radius 2 is 1.91 bits per heavy atom. The fourth-order valence-corrected chi connectivity index (χ4v) is 2.29. The van der Waals surface area contributed by atoms with Gasteiger partial charge in [0, 0.05) is 17.2 Å². The molecule has 1 aromatic heterocycles. The molecule has 1 heterocycles. The van der Waals surface area contributed by atoms with Crippen molar-refractivity contribution in [3.05, 3.63) is 75.9 Å². The summed E-state index contributed by atoms with van der Waals surface area (Å²) in [7, 11) is 0. The maximum atomic E-state index is 6.05. The topological polar surface area (TPSA) is 47.6 Å². The largest absolute Gasteiger partial charge is 0.389 e. The zero-order valence-corrected chi connectivity index (χ0v) is 13.5. The molecule has 6 heteroatoms. The highest BCUT2D eigenvalue weighted by Crippen LogP contribution is 2.24. The van der Waals surface area contributed by atoms with Crippen molar-refractivity contribution in [1.29, 1.82) is 0 Å². The molecule has 0 aliphatic carbocycles. The molecule has 3 rings (SSSR count). The molecule has 3 aromatic rings. The Hall–Kier alpha value is -2.30. The van der Waals surface area contributed by atoms with E-state index in [1.807, 2.05) is 36.4 Å². The zero-order valence-electron chi connectivity index (χ0n) is 11.9. The minimum atomic E-state index is 0.199. The molecule has 0 saturated carbocycles. The molecule has 0 aliphatic rings. The van der Waals surface area contributed by atoms with Crippen LogP contribution in [0.3, 0.4) is 0 Å². The van der Waals surface area contributed by atoms with Crippen molar-refractivity contribution in [3.8, 4) is 11.3 Å². The Labute approximate surface area is 143 Å². The SMILES string of the molecule is Clc1cccc(/C=N\OCc2cc(-c3ccccc3)on2)c1Cl. The molecule has 0 unspecified atom stereocenters. The van der Waals surface area contributed by atoms with Crippen molar-refractivity contribution in [2.45, 2.75) is 6.61 Å². The van der Waals surface area contributed by atoms with E-state index in [1.54, 1.807) is 18.2 Å². The molecule has 23 heavy (non-hydrogen) atoms. The summed E-state index contributed by atoms with van der Waals surface area (Å²) in [4.78, 5) is 5.21. The number of rotatable bonds is 5. The van der Waals surface area contributed by atoms with Crippen molar-refractivity contribution in [2.75, 3.05) is 0 Å². The summed E-state index contributed by atoms with van der Waals surface area (Å²) in [6, 6.07) is 16.8. The van der Waals surface area contributed by atoms with Crippen LogP contribution in [0.25, 0.3) is 11.3 Å². The van der Waals surface area contributed by atoms with Gasteiger partial charge in [0.25, 0.3) is 0 Å². The number of hydrogen-bond donors (Lipinski definition) is 0. The van der Waals surface area contributed by atoms with E-state index < -0.39 is 0 Å². The zero-order chi connectivity index (χ0) is 16.1. The van der Waals surface area contributed by atoms with Gasteiger partial charge in [-0.2, -0.15) is 0 Å². The second-order valence-corrected chi connectivity index (χ2v) is 5.48. The summed E-state index contributed by atoms with van der Waals surface area (Å²) in [5.74, 6) is 0.686. The van der Waals surface area contributed by atoms with E-state index in [9.17, 15) is 0 Å². The Kier molecular flexibility index (Phi) is 4.95. The van der Waals surface area contributed by atoms with Gasteiger partial charge in [-0.3, -0.25) is 0 Å². The number of aromatic nitrogens is 1. The first-order valence-corrected chi connectivity index (χ1v) is 7.60. The molecule has 116 valence electrons. The molecular weight excluding hydrogens is 335 g/mol. The average Bonchev–Trinajstić information content (AvgIpc) is 3.05. The van der Waals surface area contributed by atoms with Crippen LogP contribution < -0.4 is 0 Å². The lowest BCUT2D eigenvalue weighted by atomic mass is 10.2. The van der Waals surface area contributed by atoms with Crippen molar-refractivity contribution in [3.63, 3.8) is 0 Å². The van der Waals surface area contributed by atoms with Crippen molar-refractivity contribution < 1.29 is 9.36 Å². The third kappa shape index (κ3) is 3.92. The predicted octanol–water partition coefficient (Wildman–Crippen LogP) is 5.20. The van der Waals surface area contributed by atoms with Gasteiger partial charge in [0.05, 0.1) is 16.3 Å². The van der Waals surface area contributed by atoms with Crippen molar-refractivity contribution >= 4 is 29.4 Å². The van der Waals surface area contributed by atoms with E-state index >= 15 is 0 Å². The molecule has 0 fully saturated rings. The highest BCUT2D eigenvalue weighted by Gasteiger charge is 2.06. The van der Waals surface area contributed by atoms with Gasteiger partial charge in [-0.25, -0.2) is 0 Å². The van der Waals surface area contributed by atoms with Gasteiger partial charge in [0.15, 0.2) is 12.4 Å². The lowest BCUT2D eigenvalue weighted by Gasteiger charge is -1.99.